The molecule has 1 aliphatic carbocycles. The molecule has 1 amide bonds. The third kappa shape index (κ3) is 4.45. The molecule has 0 saturated heterocycles. The van der Waals surface area contributed by atoms with Gasteiger partial charge in [-0.1, -0.05) is 32.4 Å². The summed E-state index contributed by atoms with van der Waals surface area (Å²) < 4.78 is 3.45. The maximum Gasteiger partial charge on any atom is 0.267 e. The van der Waals surface area contributed by atoms with Gasteiger partial charge in [-0.25, -0.2) is 9.67 Å². The molecular weight excluding hydrogens is 378 g/mol. The molecule has 30 heavy (non-hydrogen) atoms. The van der Waals surface area contributed by atoms with E-state index in [1.807, 2.05) is 18.2 Å². The summed E-state index contributed by atoms with van der Waals surface area (Å²) in [4.78, 5) is 29.7. The summed E-state index contributed by atoms with van der Waals surface area (Å²) in [6.45, 7) is 5.40. The average Bonchev–Trinajstić information content (AvgIpc) is 2.89. The molecule has 1 aromatic carbocycles. The van der Waals surface area contributed by atoms with Gasteiger partial charge in [0, 0.05) is 12.6 Å². The lowest BCUT2D eigenvalue weighted by atomic mass is 10.1. The second-order valence-corrected chi connectivity index (χ2v) is 8.47. The summed E-state index contributed by atoms with van der Waals surface area (Å²) in [5.41, 5.74) is 3.78. The monoisotopic (exact) mass is 407 g/mol. The summed E-state index contributed by atoms with van der Waals surface area (Å²) >= 11 is 0. The van der Waals surface area contributed by atoms with Crippen molar-refractivity contribution in [3.05, 3.63) is 57.8 Å². The largest absolute Gasteiger partial charge is 0.347 e. The average molecular weight is 408 g/mol. The van der Waals surface area contributed by atoms with Crippen molar-refractivity contribution in [3.63, 3.8) is 0 Å². The van der Waals surface area contributed by atoms with Crippen LogP contribution in [0.4, 0.5) is 0 Å². The Morgan fingerprint density at radius 2 is 1.97 bits per heavy atom. The first kappa shape index (κ1) is 20.3. The number of nitrogens with zero attached hydrogens (tertiary/aromatic N) is 4. The summed E-state index contributed by atoms with van der Waals surface area (Å²) in [7, 11) is 0. The Morgan fingerprint density at radius 3 is 2.80 bits per heavy atom. The molecule has 4 rings (SSSR count). The highest BCUT2D eigenvalue weighted by molar-refractivity contribution is 5.77. The highest BCUT2D eigenvalue weighted by Gasteiger charge is 2.15. The van der Waals surface area contributed by atoms with Crippen LogP contribution in [0.25, 0.3) is 11.0 Å². The van der Waals surface area contributed by atoms with E-state index < -0.39 is 0 Å². The lowest BCUT2D eigenvalue weighted by Gasteiger charge is -2.13. The summed E-state index contributed by atoms with van der Waals surface area (Å²) in [5, 5.41) is 7.40. The predicted molar refractivity (Wildman–Crippen MR) is 116 cm³/mol. The highest BCUT2D eigenvalue weighted by Crippen LogP contribution is 2.18. The number of hydrogen-bond acceptors (Lipinski definition) is 4. The minimum atomic E-state index is -0.235. The van der Waals surface area contributed by atoms with Crippen molar-refractivity contribution in [2.24, 2.45) is 5.92 Å². The Labute approximate surface area is 176 Å². The molecule has 0 fully saturated rings. The van der Waals surface area contributed by atoms with Crippen LogP contribution in [0.1, 0.15) is 50.2 Å². The van der Waals surface area contributed by atoms with E-state index in [4.69, 9.17) is 4.98 Å². The molecule has 0 atom stereocenters. The number of amides is 1. The van der Waals surface area contributed by atoms with Gasteiger partial charge < -0.3 is 9.88 Å². The number of nitrogens with one attached hydrogen (secondary N) is 1. The molecule has 2 aromatic heterocycles. The van der Waals surface area contributed by atoms with Crippen molar-refractivity contribution in [1.82, 2.24) is 24.6 Å². The van der Waals surface area contributed by atoms with E-state index in [2.05, 4.69) is 34.9 Å². The van der Waals surface area contributed by atoms with Crippen molar-refractivity contribution in [2.45, 2.75) is 65.6 Å². The molecule has 0 aliphatic heterocycles. The molecule has 0 unspecified atom stereocenters. The Kier molecular flexibility index (Phi) is 5.97. The molecular formula is C23H29N5O2. The Bertz CT molecular complexity index is 1110. The van der Waals surface area contributed by atoms with Gasteiger partial charge in [0.1, 0.15) is 12.4 Å². The van der Waals surface area contributed by atoms with Gasteiger partial charge in [-0.3, -0.25) is 9.59 Å². The molecule has 0 bridgehead atoms. The number of benzene rings is 1. The normalized spacial score (nSPS) is 14.0. The number of aromatic nitrogens is 4. The molecule has 0 radical (unpaired) electrons. The molecule has 3 aromatic rings. The number of fused-ring (bicyclic) bond motifs is 2. The van der Waals surface area contributed by atoms with Gasteiger partial charge in [0.2, 0.25) is 5.91 Å². The van der Waals surface area contributed by atoms with Crippen molar-refractivity contribution >= 4 is 16.9 Å². The number of hydrogen-bond donors (Lipinski definition) is 1. The van der Waals surface area contributed by atoms with Crippen molar-refractivity contribution in [3.8, 4) is 0 Å². The SMILES string of the molecule is CC(C)Cn1c(CNC(=O)Cn2nc3c(cc2=O)CCCCC3)nc2ccccc21. The van der Waals surface area contributed by atoms with Gasteiger partial charge in [0.15, 0.2) is 0 Å². The van der Waals surface area contributed by atoms with Gasteiger partial charge in [-0.2, -0.15) is 5.10 Å². The first-order valence-electron chi connectivity index (χ1n) is 10.8. The zero-order valence-corrected chi connectivity index (χ0v) is 17.7. The van der Waals surface area contributed by atoms with Crippen LogP contribution in [0.2, 0.25) is 0 Å². The summed E-state index contributed by atoms with van der Waals surface area (Å²) in [6.07, 6.45) is 5.10. The maximum absolute atomic E-state index is 12.6. The van der Waals surface area contributed by atoms with Crippen molar-refractivity contribution in [1.29, 1.82) is 0 Å². The minimum absolute atomic E-state index is 0.0729. The molecule has 1 aliphatic rings. The quantitative estimate of drug-likeness (QED) is 0.637. The third-order valence-electron chi connectivity index (χ3n) is 5.54. The topological polar surface area (TPSA) is 81.8 Å². The van der Waals surface area contributed by atoms with Crippen LogP contribution in [0.3, 0.4) is 0 Å². The van der Waals surface area contributed by atoms with Crippen LogP contribution in [-0.4, -0.2) is 25.2 Å². The predicted octanol–water partition coefficient (Wildman–Crippen LogP) is 2.83. The van der Waals surface area contributed by atoms with E-state index >= 15 is 0 Å². The molecule has 7 nitrogen and oxygen atoms in total. The summed E-state index contributed by atoms with van der Waals surface area (Å²) in [5.74, 6) is 1.04. The molecule has 1 N–H and O–H groups in total. The van der Waals surface area contributed by atoms with Crippen LogP contribution in [0, 0.1) is 5.92 Å². The zero-order valence-electron chi connectivity index (χ0n) is 17.7. The number of carbonyl (C=O) groups excluding carboxylic acids is 1. The van der Waals surface area contributed by atoms with E-state index in [0.717, 1.165) is 66.8 Å². The fraction of sp³-hybridized carbons (Fsp3) is 0.478. The highest BCUT2D eigenvalue weighted by atomic mass is 16.2. The number of imidazole rings is 1. The Hall–Kier alpha value is -2.96. The summed E-state index contributed by atoms with van der Waals surface area (Å²) in [6, 6.07) is 9.66. The number of para-hydroxylation sites is 2. The Balaban J connectivity index is 1.48. The van der Waals surface area contributed by atoms with Gasteiger partial charge in [-0.15, -0.1) is 0 Å². The molecule has 2 heterocycles. The lowest BCUT2D eigenvalue weighted by Crippen LogP contribution is -2.34. The van der Waals surface area contributed by atoms with Gasteiger partial charge in [0.05, 0.1) is 23.3 Å². The smallest absolute Gasteiger partial charge is 0.267 e. The van der Waals surface area contributed by atoms with E-state index in [0.29, 0.717) is 12.5 Å². The third-order valence-corrected chi connectivity index (χ3v) is 5.54. The van der Waals surface area contributed by atoms with Gasteiger partial charge >= 0.3 is 0 Å². The van der Waals surface area contributed by atoms with E-state index in [-0.39, 0.29) is 18.0 Å². The van der Waals surface area contributed by atoms with Crippen LogP contribution < -0.4 is 10.9 Å². The van der Waals surface area contributed by atoms with E-state index in [1.54, 1.807) is 6.07 Å². The molecule has 0 saturated carbocycles. The fourth-order valence-electron chi connectivity index (χ4n) is 4.09. The number of aryl methyl sites for hydroxylation is 2. The standard InChI is InChI=1S/C23H29N5O2/c1-16(2)14-27-20-11-7-6-10-19(20)25-21(27)13-24-22(29)15-28-23(30)12-17-8-4-3-5-9-18(17)26-28/h6-7,10-12,16H,3-5,8-9,13-15H2,1-2H3,(H,24,29). The number of rotatable bonds is 6. The molecule has 7 heteroatoms. The Morgan fingerprint density at radius 1 is 1.17 bits per heavy atom. The van der Waals surface area contributed by atoms with Crippen LogP contribution in [-0.2, 0) is 37.3 Å². The second kappa shape index (κ2) is 8.81. The molecule has 0 spiro atoms. The van der Waals surface area contributed by atoms with Crippen molar-refractivity contribution in [2.75, 3.05) is 0 Å². The molecule has 158 valence electrons. The van der Waals surface area contributed by atoms with Gasteiger partial charge in [-0.05, 0) is 49.3 Å². The number of carbonyl (C=O) groups is 1. The minimum Gasteiger partial charge on any atom is -0.347 e. The van der Waals surface area contributed by atoms with Crippen LogP contribution in [0.15, 0.2) is 35.1 Å². The van der Waals surface area contributed by atoms with Crippen LogP contribution >= 0.6 is 0 Å². The van der Waals surface area contributed by atoms with Gasteiger partial charge in [0.25, 0.3) is 5.56 Å². The van der Waals surface area contributed by atoms with E-state index in [1.165, 1.54) is 4.68 Å². The second-order valence-electron chi connectivity index (χ2n) is 8.47. The first-order valence-corrected chi connectivity index (χ1v) is 10.8. The maximum atomic E-state index is 12.6. The van der Waals surface area contributed by atoms with E-state index in [9.17, 15) is 9.59 Å². The lowest BCUT2D eigenvalue weighted by molar-refractivity contribution is -0.122. The van der Waals surface area contributed by atoms with Crippen molar-refractivity contribution < 1.29 is 4.79 Å². The first-order chi connectivity index (χ1) is 14.5. The van der Waals surface area contributed by atoms with Crippen LogP contribution in [0.5, 0.6) is 0 Å². The fourth-order valence-corrected chi connectivity index (χ4v) is 4.09. The zero-order chi connectivity index (χ0) is 21.1.